The Kier molecular flexibility index (Phi) is 8.00. The quantitative estimate of drug-likeness (QED) is 0.169. The van der Waals surface area contributed by atoms with E-state index in [1.165, 1.54) is 32.3 Å². The van der Waals surface area contributed by atoms with Crippen LogP contribution >= 0.6 is 11.8 Å². The third-order valence-electron chi connectivity index (χ3n) is 10.5. The molecule has 1 aliphatic heterocycles. The Hall–Kier alpha value is -7.28. The van der Waals surface area contributed by atoms with E-state index < -0.39 is 0 Å². The first-order chi connectivity index (χ1) is 28.2. The molecule has 0 atom stereocenters. The number of hydrogen-bond acceptors (Lipinski definition) is 6. The number of hydrogen-bond donors (Lipinski definition) is 0. The van der Waals surface area contributed by atoms with Crippen LogP contribution in [0.2, 0.25) is 0 Å². The van der Waals surface area contributed by atoms with Gasteiger partial charge in [0.25, 0.3) is 0 Å². The van der Waals surface area contributed by atoms with Gasteiger partial charge in [0.05, 0.1) is 11.4 Å². The van der Waals surface area contributed by atoms with Crippen LogP contribution in [0.1, 0.15) is 0 Å². The van der Waals surface area contributed by atoms with Crippen molar-refractivity contribution in [1.82, 2.24) is 15.0 Å². The molecule has 0 radical (unpaired) electrons. The van der Waals surface area contributed by atoms with Crippen LogP contribution in [0.4, 0.5) is 17.1 Å². The second-order valence-electron chi connectivity index (χ2n) is 14.0. The summed E-state index contributed by atoms with van der Waals surface area (Å²) in [5, 5.41) is 1.99. The maximum absolute atomic E-state index is 6.46. The summed E-state index contributed by atoms with van der Waals surface area (Å²) in [6, 6.07) is 67.6. The molecule has 3 heterocycles. The number of rotatable bonds is 6. The zero-order valence-electron chi connectivity index (χ0n) is 30.6. The van der Waals surface area contributed by atoms with Gasteiger partial charge in [0, 0.05) is 42.9 Å². The monoisotopic (exact) mass is 748 g/mol. The Balaban J connectivity index is 0.996. The molecule has 268 valence electrons. The van der Waals surface area contributed by atoms with Crippen LogP contribution in [-0.4, -0.2) is 15.0 Å². The van der Waals surface area contributed by atoms with Crippen molar-refractivity contribution in [2.45, 2.75) is 9.79 Å². The van der Waals surface area contributed by atoms with Crippen molar-refractivity contribution < 1.29 is 4.42 Å². The van der Waals surface area contributed by atoms with Crippen LogP contribution in [0.25, 0.3) is 78.4 Å². The molecule has 10 aromatic rings. The standard InChI is InChI=1S/C51H32N4OS/c1-4-13-33(14-5-1)38-25-29-43-47(32-38)57-46-22-11-10-20-42(46)55(43)39-27-23-34(24-28-39)37-26-30-44-41(31-37)48-40(19-12-21-45(48)56-44)51-53-49(35-15-6-2-7-16-35)52-50(54-51)36-17-8-3-9-18-36/h1-32H. The number of aromatic nitrogens is 3. The Morgan fingerprint density at radius 3 is 1.67 bits per heavy atom. The molecule has 0 unspecified atom stereocenters. The molecule has 0 saturated carbocycles. The van der Waals surface area contributed by atoms with Crippen molar-refractivity contribution in [3.05, 3.63) is 194 Å². The highest BCUT2D eigenvalue weighted by Crippen LogP contribution is 2.52. The summed E-state index contributed by atoms with van der Waals surface area (Å²) in [5.74, 6) is 1.85. The SMILES string of the molecule is c1ccc(-c2ccc3c(c2)Sc2ccccc2N3c2ccc(-c3ccc4oc5cccc(-c6nc(-c7ccccc7)nc(-c7ccccc7)n6)c5c4c3)cc2)cc1. The molecule has 5 nitrogen and oxygen atoms in total. The number of para-hydroxylation sites is 1. The van der Waals surface area contributed by atoms with Crippen molar-refractivity contribution in [3.8, 4) is 56.4 Å². The van der Waals surface area contributed by atoms with E-state index in [0.717, 1.165) is 55.4 Å². The molecule has 0 bridgehead atoms. The molecule has 1 aliphatic rings. The van der Waals surface area contributed by atoms with Gasteiger partial charge in [-0.3, -0.25) is 0 Å². The molecule has 0 spiro atoms. The fourth-order valence-corrected chi connectivity index (χ4v) is 8.87. The van der Waals surface area contributed by atoms with Gasteiger partial charge in [0.1, 0.15) is 11.2 Å². The lowest BCUT2D eigenvalue weighted by molar-refractivity contribution is 0.669. The van der Waals surface area contributed by atoms with Crippen LogP contribution < -0.4 is 4.90 Å². The average molecular weight is 749 g/mol. The molecule has 11 rings (SSSR count). The molecule has 8 aromatic carbocycles. The van der Waals surface area contributed by atoms with Crippen LogP contribution in [0, 0.1) is 0 Å². The molecular formula is C51H32N4OS. The zero-order chi connectivity index (χ0) is 37.7. The van der Waals surface area contributed by atoms with Gasteiger partial charge in [-0.1, -0.05) is 151 Å². The Bertz CT molecular complexity index is 3030. The average Bonchev–Trinajstić information content (AvgIpc) is 3.67. The van der Waals surface area contributed by atoms with E-state index in [9.17, 15) is 0 Å². The van der Waals surface area contributed by atoms with Crippen molar-refractivity contribution in [2.75, 3.05) is 4.90 Å². The van der Waals surface area contributed by atoms with Crippen LogP contribution in [0.15, 0.2) is 208 Å². The van der Waals surface area contributed by atoms with E-state index in [0.29, 0.717) is 17.5 Å². The topological polar surface area (TPSA) is 55.1 Å². The minimum absolute atomic E-state index is 0.599. The molecule has 57 heavy (non-hydrogen) atoms. The van der Waals surface area contributed by atoms with Gasteiger partial charge < -0.3 is 9.32 Å². The first-order valence-corrected chi connectivity index (χ1v) is 19.7. The van der Waals surface area contributed by atoms with E-state index in [4.69, 9.17) is 19.4 Å². The predicted octanol–water partition coefficient (Wildman–Crippen LogP) is 14.0. The summed E-state index contributed by atoms with van der Waals surface area (Å²) >= 11 is 1.83. The van der Waals surface area contributed by atoms with Gasteiger partial charge >= 0.3 is 0 Å². The largest absolute Gasteiger partial charge is 0.456 e. The highest BCUT2D eigenvalue weighted by Gasteiger charge is 2.25. The number of fused-ring (bicyclic) bond motifs is 5. The number of furan rings is 1. The van der Waals surface area contributed by atoms with E-state index in [1.807, 2.05) is 84.6 Å². The second kappa shape index (κ2) is 13.8. The molecule has 0 saturated heterocycles. The normalized spacial score (nSPS) is 12.1. The summed E-state index contributed by atoms with van der Waals surface area (Å²) in [4.78, 5) is 19.9. The van der Waals surface area contributed by atoms with Gasteiger partial charge in [-0.15, -0.1) is 0 Å². The van der Waals surface area contributed by atoms with Gasteiger partial charge in [0.15, 0.2) is 17.5 Å². The Morgan fingerprint density at radius 1 is 0.386 bits per heavy atom. The summed E-state index contributed by atoms with van der Waals surface area (Å²) < 4.78 is 6.46. The fourth-order valence-electron chi connectivity index (χ4n) is 7.77. The molecule has 2 aromatic heterocycles. The van der Waals surface area contributed by atoms with Gasteiger partial charge in [0.2, 0.25) is 0 Å². The lowest BCUT2D eigenvalue weighted by Crippen LogP contribution is -2.14. The summed E-state index contributed by atoms with van der Waals surface area (Å²) in [7, 11) is 0. The molecular weight excluding hydrogens is 717 g/mol. The van der Waals surface area contributed by atoms with Crippen LogP contribution in [0.5, 0.6) is 0 Å². The third-order valence-corrected chi connectivity index (χ3v) is 11.6. The van der Waals surface area contributed by atoms with E-state index in [1.54, 1.807) is 0 Å². The van der Waals surface area contributed by atoms with Gasteiger partial charge in [-0.05, 0) is 76.9 Å². The van der Waals surface area contributed by atoms with Crippen molar-refractivity contribution in [1.29, 1.82) is 0 Å². The molecule has 0 fully saturated rings. The van der Waals surface area contributed by atoms with Crippen molar-refractivity contribution in [3.63, 3.8) is 0 Å². The van der Waals surface area contributed by atoms with Crippen molar-refractivity contribution >= 4 is 50.8 Å². The first kappa shape index (κ1) is 33.1. The van der Waals surface area contributed by atoms with Crippen molar-refractivity contribution in [2.24, 2.45) is 0 Å². The molecule has 0 N–H and O–H groups in total. The minimum Gasteiger partial charge on any atom is -0.456 e. The maximum atomic E-state index is 6.46. The molecule has 6 heteroatoms. The third kappa shape index (κ3) is 5.95. The zero-order valence-corrected chi connectivity index (χ0v) is 31.4. The number of nitrogens with zero attached hydrogens (tertiary/aromatic N) is 4. The number of benzene rings is 8. The smallest absolute Gasteiger partial charge is 0.164 e. The lowest BCUT2D eigenvalue weighted by Gasteiger charge is -2.33. The van der Waals surface area contributed by atoms with E-state index in [2.05, 4.69) is 126 Å². The Labute approximate surface area is 334 Å². The van der Waals surface area contributed by atoms with Gasteiger partial charge in [-0.25, -0.2) is 15.0 Å². The second-order valence-corrected chi connectivity index (χ2v) is 15.1. The predicted molar refractivity (Wildman–Crippen MR) is 233 cm³/mol. The minimum atomic E-state index is 0.599. The van der Waals surface area contributed by atoms with Crippen LogP contribution in [-0.2, 0) is 0 Å². The maximum Gasteiger partial charge on any atom is 0.164 e. The fraction of sp³-hybridized carbons (Fsp3) is 0. The van der Waals surface area contributed by atoms with E-state index >= 15 is 0 Å². The lowest BCUT2D eigenvalue weighted by atomic mass is 10.00. The summed E-state index contributed by atoms with van der Waals surface area (Å²) in [5.41, 5.74) is 12.5. The van der Waals surface area contributed by atoms with E-state index in [-0.39, 0.29) is 0 Å². The first-order valence-electron chi connectivity index (χ1n) is 18.9. The molecule has 0 amide bonds. The number of anilines is 3. The molecule has 0 aliphatic carbocycles. The summed E-state index contributed by atoms with van der Waals surface area (Å²) in [6.07, 6.45) is 0. The summed E-state index contributed by atoms with van der Waals surface area (Å²) in [6.45, 7) is 0. The van der Waals surface area contributed by atoms with Gasteiger partial charge in [-0.2, -0.15) is 0 Å². The highest BCUT2D eigenvalue weighted by atomic mass is 32.2. The van der Waals surface area contributed by atoms with Crippen LogP contribution in [0.3, 0.4) is 0 Å². The Morgan fingerprint density at radius 2 is 0.947 bits per heavy atom. The highest BCUT2D eigenvalue weighted by molar-refractivity contribution is 7.99.